The number of carbonyl (C=O) groups is 1. The molecule has 4 aromatic carbocycles. The van der Waals surface area contributed by atoms with Crippen molar-refractivity contribution < 1.29 is 63.3 Å². The Hall–Kier alpha value is -4.07. The van der Waals surface area contributed by atoms with Gasteiger partial charge in [-0.05, 0) is 110 Å². The predicted molar refractivity (Wildman–Crippen MR) is 179 cm³/mol. The highest BCUT2D eigenvalue weighted by Crippen LogP contribution is 2.43. The second-order valence-corrected chi connectivity index (χ2v) is 13.6. The van der Waals surface area contributed by atoms with Crippen molar-refractivity contribution in [3.8, 4) is 11.5 Å². The van der Waals surface area contributed by atoms with Gasteiger partial charge in [-0.15, -0.1) is 0 Å². The molecule has 6 rings (SSSR count). The number of fused-ring (bicyclic) bond motifs is 2. The number of benzene rings is 4. The van der Waals surface area contributed by atoms with Crippen molar-refractivity contribution >= 4 is 27.8 Å². The Kier molecular flexibility index (Phi) is 12.5. The van der Waals surface area contributed by atoms with Crippen LogP contribution < -0.4 is 9.47 Å². The van der Waals surface area contributed by atoms with Gasteiger partial charge in [-0.1, -0.05) is 36.4 Å². The maximum atomic E-state index is 13.8. The summed E-state index contributed by atoms with van der Waals surface area (Å²) in [5, 5.41) is 11.3. The molecule has 0 bridgehead atoms. The smallest absolute Gasteiger partial charge is 0.391 e. The van der Waals surface area contributed by atoms with Crippen molar-refractivity contribution in [3.05, 3.63) is 82.9 Å². The maximum absolute atomic E-state index is 13.8. The molecule has 0 heterocycles. The summed E-state index contributed by atoms with van der Waals surface area (Å²) in [5.41, 5.74) is 0.159. The van der Waals surface area contributed by atoms with E-state index >= 15 is 0 Å². The molecule has 1 unspecified atom stereocenters. The summed E-state index contributed by atoms with van der Waals surface area (Å²) >= 11 is 0. The van der Waals surface area contributed by atoms with Gasteiger partial charge in [0.05, 0.1) is 41.3 Å². The van der Waals surface area contributed by atoms with Crippen LogP contribution >= 0.6 is 0 Å². The van der Waals surface area contributed by atoms with Crippen molar-refractivity contribution in [1.82, 2.24) is 0 Å². The highest BCUT2D eigenvalue weighted by Gasteiger charge is 2.43. The van der Waals surface area contributed by atoms with E-state index in [9.17, 15) is 53.8 Å². The van der Waals surface area contributed by atoms with Crippen molar-refractivity contribution in [2.75, 3.05) is 0 Å². The number of carbonyl (C=O) groups excluding carboxylic acids is 1. The Balaban J connectivity index is 0.000000204. The minimum Gasteiger partial charge on any atom is -0.490 e. The van der Waals surface area contributed by atoms with Crippen LogP contribution in [0.25, 0.3) is 21.5 Å². The first-order valence-corrected chi connectivity index (χ1v) is 17.3. The van der Waals surface area contributed by atoms with Gasteiger partial charge >= 0.3 is 12.4 Å². The molecule has 288 valence electrons. The van der Waals surface area contributed by atoms with Gasteiger partial charge in [0.25, 0.3) is 12.9 Å². The lowest BCUT2D eigenvalue weighted by atomic mass is 9.87. The van der Waals surface area contributed by atoms with E-state index in [1.165, 1.54) is 30.3 Å². The van der Waals surface area contributed by atoms with E-state index in [4.69, 9.17) is 9.47 Å². The van der Waals surface area contributed by atoms with Crippen LogP contribution in [0.5, 0.6) is 11.5 Å². The third-order valence-electron chi connectivity index (χ3n) is 10.0. The van der Waals surface area contributed by atoms with Crippen molar-refractivity contribution in [3.63, 3.8) is 0 Å². The Morgan fingerprint density at radius 3 is 1.40 bits per heavy atom. The zero-order chi connectivity index (χ0) is 38.7. The highest BCUT2D eigenvalue weighted by molar-refractivity contribution is 5.93. The van der Waals surface area contributed by atoms with Gasteiger partial charge in [-0.3, -0.25) is 4.79 Å². The molecule has 1 atom stereocenters. The van der Waals surface area contributed by atoms with Crippen LogP contribution in [0.4, 0.5) is 43.9 Å². The summed E-state index contributed by atoms with van der Waals surface area (Å²) in [6.07, 6.45) is -14.9. The fourth-order valence-electron chi connectivity index (χ4n) is 7.04. The minimum absolute atomic E-state index is 0.00398. The van der Waals surface area contributed by atoms with E-state index in [0.717, 1.165) is 0 Å². The van der Waals surface area contributed by atoms with E-state index in [2.05, 4.69) is 0 Å². The van der Waals surface area contributed by atoms with Gasteiger partial charge in [-0.2, -0.15) is 26.3 Å². The Morgan fingerprint density at radius 1 is 0.623 bits per heavy atom. The summed E-state index contributed by atoms with van der Waals surface area (Å²) in [7, 11) is 0. The second kappa shape index (κ2) is 16.5. The van der Waals surface area contributed by atoms with Crippen molar-refractivity contribution in [1.29, 1.82) is 0 Å². The molecular formula is C39H38F10O4. The molecule has 1 N–H and O–H groups in total. The molecule has 2 fully saturated rings. The SMILES string of the molecule is CC(O)c1ccc2ccc(OC3CCC(C(F)(F)F)CC3)c(C(F)F)c2c1.O=Cc1ccc2ccc(OC3CCC(C(F)(F)F)CC3)c(C(F)F)c2c1. The highest BCUT2D eigenvalue weighted by atomic mass is 19.4. The molecule has 2 saturated carbocycles. The van der Waals surface area contributed by atoms with Crippen LogP contribution in [0.3, 0.4) is 0 Å². The van der Waals surface area contributed by atoms with E-state index in [1.807, 2.05) is 0 Å². The van der Waals surface area contributed by atoms with Crippen LogP contribution in [-0.2, 0) is 0 Å². The fraction of sp³-hybridized carbons (Fsp3) is 0.462. The topological polar surface area (TPSA) is 55.8 Å². The van der Waals surface area contributed by atoms with Gasteiger partial charge in [0, 0.05) is 5.56 Å². The average Bonchev–Trinajstić information content (AvgIpc) is 3.10. The normalized spacial score (nSPS) is 21.7. The Labute approximate surface area is 299 Å². The van der Waals surface area contributed by atoms with Crippen LogP contribution in [0.15, 0.2) is 60.7 Å². The first-order chi connectivity index (χ1) is 25.0. The van der Waals surface area contributed by atoms with E-state index in [-0.39, 0.29) is 90.3 Å². The first kappa shape index (κ1) is 40.1. The standard InChI is InChI=1S/C20H21F5O2.C19H17F5O2/c1-11(26)13-3-2-12-4-9-17(18(19(21)22)16(12)10-13)27-15-7-5-14(6-8-15)20(23,24)25;20-18(21)17-15-9-11(10-25)1-2-12(15)3-8-16(17)26-14-6-4-13(5-7-14)19(22,23)24/h2-4,9-11,14-15,19,26H,5-8H2,1H3;1-3,8-10,13-14,18H,4-7H2. The molecule has 0 saturated heterocycles. The molecule has 0 radical (unpaired) electrons. The minimum atomic E-state index is -4.23. The Morgan fingerprint density at radius 2 is 1.02 bits per heavy atom. The number of rotatable bonds is 8. The molecular weight excluding hydrogens is 722 g/mol. The van der Waals surface area contributed by atoms with E-state index in [1.54, 1.807) is 37.3 Å². The third-order valence-corrected chi connectivity index (χ3v) is 10.0. The van der Waals surface area contributed by atoms with Gasteiger partial charge in [0.2, 0.25) is 0 Å². The zero-order valence-corrected chi connectivity index (χ0v) is 28.5. The number of aldehydes is 1. The quantitative estimate of drug-likeness (QED) is 0.144. The molecule has 0 aliphatic heterocycles. The lowest BCUT2D eigenvalue weighted by molar-refractivity contribution is -0.186. The summed E-state index contributed by atoms with van der Waals surface area (Å²) in [4.78, 5) is 10.9. The monoisotopic (exact) mass is 760 g/mol. The average molecular weight is 761 g/mol. The molecule has 14 heteroatoms. The molecule has 0 spiro atoms. The summed E-state index contributed by atoms with van der Waals surface area (Å²) in [6.45, 7) is 1.54. The van der Waals surface area contributed by atoms with Crippen molar-refractivity contribution in [2.24, 2.45) is 11.8 Å². The fourth-order valence-corrected chi connectivity index (χ4v) is 7.04. The Bertz CT molecular complexity index is 1860. The molecule has 0 amide bonds. The lowest BCUT2D eigenvalue weighted by Crippen LogP contribution is -2.32. The number of halogens is 10. The third kappa shape index (κ3) is 9.73. The van der Waals surface area contributed by atoms with Gasteiger partial charge in [-0.25, -0.2) is 17.6 Å². The molecule has 2 aliphatic rings. The molecule has 0 aromatic heterocycles. The van der Waals surface area contributed by atoms with Crippen LogP contribution in [0.1, 0.15) is 104 Å². The van der Waals surface area contributed by atoms with E-state index < -0.39 is 55.4 Å². The first-order valence-electron chi connectivity index (χ1n) is 17.3. The molecule has 4 nitrogen and oxygen atoms in total. The number of aliphatic hydroxyl groups excluding tert-OH is 1. The van der Waals surface area contributed by atoms with Crippen LogP contribution in [-0.4, -0.2) is 36.0 Å². The number of alkyl halides is 10. The van der Waals surface area contributed by atoms with Crippen LogP contribution in [0.2, 0.25) is 0 Å². The lowest BCUT2D eigenvalue weighted by Gasteiger charge is -2.30. The van der Waals surface area contributed by atoms with E-state index in [0.29, 0.717) is 22.6 Å². The predicted octanol–water partition coefficient (Wildman–Crippen LogP) is 12.4. The van der Waals surface area contributed by atoms with Gasteiger partial charge in [0.15, 0.2) is 0 Å². The van der Waals surface area contributed by atoms with Gasteiger partial charge < -0.3 is 14.6 Å². The summed E-state index contributed by atoms with van der Waals surface area (Å²) in [5.74, 6) is -2.75. The summed E-state index contributed by atoms with van der Waals surface area (Å²) in [6, 6.07) is 15.4. The molecule has 2 aliphatic carbocycles. The molecule has 53 heavy (non-hydrogen) atoms. The maximum Gasteiger partial charge on any atom is 0.391 e. The zero-order valence-electron chi connectivity index (χ0n) is 28.5. The number of aliphatic hydroxyl groups is 1. The van der Waals surface area contributed by atoms with Gasteiger partial charge in [0.1, 0.15) is 17.8 Å². The number of hydrogen-bond donors (Lipinski definition) is 1. The second-order valence-electron chi connectivity index (χ2n) is 13.6. The van der Waals surface area contributed by atoms with Crippen LogP contribution in [0, 0.1) is 11.8 Å². The van der Waals surface area contributed by atoms with Crippen molar-refractivity contribution in [2.45, 2.75) is 102 Å². The summed E-state index contributed by atoms with van der Waals surface area (Å²) < 4.78 is 143. The number of ether oxygens (including phenoxy) is 2. The number of hydrogen-bond acceptors (Lipinski definition) is 4. The largest absolute Gasteiger partial charge is 0.490 e. The molecule has 4 aromatic rings.